The Balaban J connectivity index is 3.11. The fourth-order valence-electron chi connectivity index (χ4n) is 1.29. The maximum atomic E-state index is 8.97. The lowest BCUT2D eigenvalue weighted by Gasteiger charge is -2.05. The molecule has 1 rings (SSSR count). The van der Waals surface area contributed by atoms with Gasteiger partial charge in [-0.2, -0.15) is 5.26 Å². The van der Waals surface area contributed by atoms with Gasteiger partial charge in [0.15, 0.2) is 0 Å². The maximum Gasteiger partial charge on any atom is 0.138 e. The summed E-state index contributed by atoms with van der Waals surface area (Å²) in [6.07, 6.45) is 1.63. The molecule has 80 valence electrons. The highest BCUT2D eigenvalue weighted by atomic mass is 32.1. The average molecular weight is 222 g/mol. The van der Waals surface area contributed by atoms with Crippen molar-refractivity contribution in [1.82, 2.24) is 0 Å². The number of thiophene rings is 1. The first-order chi connectivity index (χ1) is 7.24. The topological polar surface area (TPSA) is 59.0 Å². The van der Waals surface area contributed by atoms with E-state index in [1.54, 1.807) is 7.11 Å². The summed E-state index contributed by atoms with van der Waals surface area (Å²) in [6.45, 7) is 2.02. The van der Waals surface area contributed by atoms with Gasteiger partial charge in [-0.15, -0.1) is 11.3 Å². The second kappa shape index (κ2) is 5.42. The van der Waals surface area contributed by atoms with Gasteiger partial charge in [0, 0.05) is 0 Å². The third-order valence-electron chi connectivity index (χ3n) is 2.05. The van der Waals surface area contributed by atoms with Crippen molar-refractivity contribution >= 4 is 17.0 Å². The molecule has 0 radical (unpaired) electrons. The van der Waals surface area contributed by atoms with E-state index in [2.05, 4.69) is 6.07 Å². The first-order valence-corrected chi connectivity index (χ1v) is 5.63. The van der Waals surface area contributed by atoms with Crippen molar-refractivity contribution in [2.45, 2.75) is 19.8 Å². The summed E-state index contributed by atoms with van der Waals surface area (Å²) in [5.41, 5.74) is 7.13. The van der Waals surface area contributed by atoms with Gasteiger partial charge in [0.2, 0.25) is 0 Å². The Labute approximate surface area is 93.8 Å². The Morgan fingerprint density at radius 1 is 1.67 bits per heavy atom. The molecule has 0 aliphatic rings. The number of nitriles is 1. The quantitative estimate of drug-likeness (QED) is 0.797. The first kappa shape index (κ1) is 11.6. The van der Waals surface area contributed by atoms with Crippen LogP contribution in [0.5, 0.6) is 5.75 Å². The lowest BCUT2D eigenvalue weighted by molar-refractivity contribution is 0.415. The SMILES string of the molecule is CCC/C(C#N)=C(/N)c1sccc1OC. The number of hydrogen-bond acceptors (Lipinski definition) is 4. The van der Waals surface area contributed by atoms with Gasteiger partial charge in [0.1, 0.15) is 5.75 Å². The van der Waals surface area contributed by atoms with E-state index in [9.17, 15) is 0 Å². The van der Waals surface area contributed by atoms with Crippen LogP contribution in [0.3, 0.4) is 0 Å². The van der Waals surface area contributed by atoms with Crippen molar-refractivity contribution in [2.24, 2.45) is 5.73 Å². The number of nitrogens with zero attached hydrogens (tertiary/aromatic N) is 1. The zero-order chi connectivity index (χ0) is 11.3. The fraction of sp³-hybridized carbons (Fsp3) is 0.364. The highest BCUT2D eigenvalue weighted by Gasteiger charge is 2.11. The molecule has 0 unspecified atom stereocenters. The minimum atomic E-state index is 0.547. The summed E-state index contributed by atoms with van der Waals surface area (Å²) < 4.78 is 5.17. The minimum absolute atomic E-state index is 0.547. The van der Waals surface area contributed by atoms with Gasteiger partial charge in [-0.25, -0.2) is 0 Å². The van der Waals surface area contributed by atoms with E-state index in [0.29, 0.717) is 17.7 Å². The van der Waals surface area contributed by atoms with Crippen LogP contribution in [0.4, 0.5) is 0 Å². The molecule has 0 fully saturated rings. The van der Waals surface area contributed by atoms with E-state index >= 15 is 0 Å². The molecule has 15 heavy (non-hydrogen) atoms. The minimum Gasteiger partial charge on any atom is -0.495 e. The van der Waals surface area contributed by atoms with Crippen molar-refractivity contribution in [3.63, 3.8) is 0 Å². The van der Waals surface area contributed by atoms with Gasteiger partial charge in [0.25, 0.3) is 0 Å². The molecule has 0 aliphatic carbocycles. The van der Waals surface area contributed by atoms with E-state index in [1.165, 1.54) is 11.3 Å². The zero-order valence-corrected chi connectivity index (χ0v) is 9.73. The van der Waals surface area contributed by atoms with Crippen LogP contribution in [0.15, 0.2) is 17.0 Å². The maximum absolute atomic E-state index is 8.97. The molecule has 0 saturated heterocycles. The van der Waals surface area contributed by atoms with Crippen LogP contribution in [-0.2, 0) is 0 Å². The Morgan fingerprint density at radius 3 is 2.93 bits per heavy atom. The molecular formula is C11H14N2OS. The molecule has 0 aliphatic heterocycles. The summed E-state index contributed by atoms with van der Waals surface area (Å²) in [5.74, 6) is 0.737. The molecule has 0 bridgehead atoms. The van der Waals surface area contributed by atoms with E-state index in [-0.39, 0.29) is 0 Å². The van der Waals surface area contributed by atoms with Crippen LogP contribution < -0.4 is 10.5 Å². The van der Waals surface area contributed by atoms with Crippen molar-refractivity contribution in [2.75, 3.05) is 7.11 Å². The highest BCUT2D eigenvalue weighted by Crippen LogP contribution is 2.31. The predicted octanol–water partition coefficient (Wildman–Crippen LogP) is 2.75. The second-order valence-corrected chi connectivity index (χ2v) is 3.99. The molecule has 0 saturated carbocycles. The summed E-state index contributed by atoms with van der Waals surface area (Å²) in [4.78, 5) is 0.850. The van der Waals surface area contributed by atoms with Crippen LogP contribution in [0.1, 0.15) is 24.6 Å². The lowest BCUT2D eigenvalue weighted by Crippen LogP contribution is -2.00. The second-order valence-electron chi connectivity index (χ2n) is 3.07. The predicted molar refractivity (Wildman–Crippen MR) is 62.5 cm³/mol. The molecule has 0 aromatic carbocycles. The Morgan fingerprint density at radius 2 is 2.40 bits per heavy atom. The Bertz CT molecular complexity index is 401. The van der Waals surface area contributed by atoms with Gasteiger partial charge in [-0.05, 0) is 17.9 Å². The molecule has 4 heteroatoms. The van der Waals surface area contributed by atoms with Gasteiger partial charge >= 0.3 is 0 Å². The molecule has 0 amide bonds. The molecule has 1 aromatic heterocycles. The van der Waals surface area contributed by atoms with Crippen molar-refractivity contribution < 1.29 is 4.74 Å². The Hall–Kier alpha value is -1.47. The van der Waals surface area contributed by atoms with E-state index in [1.807, 2.05) is 18.4 Å². The fourth-order valence-corrected chi connectivity index (χ4v) is 2.14. The number of nitrogens with two attached hydrogens (primary N) is 1. The molecule has 1 heterocycles. The summed E-state index contributed by atoms with van der Waals surface area (Å²) in [7, 11) is 1.60. The van der Waals surface area contributed by atoms with Gasteiger partial charge < -0.3 is 10.5 Å². The Kier molecular flexibility index (Phi) is 4.19. The number of hydrogen-bond donors (Lipinski definition) is 1. The summed E-state index contributed by atoms with van der Waals surface area (Å²) in [6, 6.07) is 4.00. The van der Waals surface area contributed by atoms with Crippen molar-refractivity contribution in [3.05, 3.63) is 21.9 Å². The standard InChI is InChI=1S/C11H14N2OS/c1-3-4-8(7-12)10(13)11-9(14-2)5-6-15-11/h5-6H,3-4,13H2,1-2H3/b10-8-. The van der Waals surface area contributed by atoms with Crippen molar-refractivity contribution in [3.8, 4) is 11.8 Å². The smallest absolute Gasteiger partial charge is 0.138 e. The van der Waals surface area contributed by atoms with Gasteiger partial charge in [-0.1, -0.05) is 13.3 Å². The third kappa shape index (κ3) is 2.51. The molecule has 2 N–H and O–H groups in total. The van der Waals surface area contributed by atoms with Crippen LogP contribution in [0.2, 0.25) is 0 Å². The third-order valence-corrected chi connectivity index (χ3v) is 2.98. The number of methoxy groups -OCH3 is 1. The van der Waals surface area contributed by atoms with Crippen LogP contribution in [-0.4, -0.2) is 7.11 Å². The summed E-state index contributed by atoms with van der Waals surface area (Å²) >= 11 is 1.49. The lowest BCUT2D eigenvalue weighted by atomic mass is 10.1. The van der Waals surface area contributed by atoms with E-state index in [0.717, 1.165) is 17.0 Å². The number of rotatable bonds is 4. The molecule has 1 aromatic rings. The molecule has 0 spiro atoms. The van der Waals surface area contributed by atoms with Gasteiger partial charge in [-0.3, -0.25) is 0 Å². The molecule has 0 atom stereocenters. The van der Waals surface area contributed by atoms with Gasteiger partial charge in [0.05, 0.1) is 29.3 Å². The van der Waals surface area contributed by atoms with E-state index in [4.69, 9.17) is 15.7 Å². The monoisotopic (exact) mass is 222 g/mol. The largest absolute Gasteiger partial charge is 0.495 e. The zero-order valence-electron chi connectivity index (χ0n) is 8.91. The van der Waals surface area contributed by atoms with Crippen LogP contribution in [0, 0.1) is 11.3 Å². The number of ether oxygens (including phenoxy) is 1. The average Bonchev–Trinajstić information content (AvgIpc) is 2.72. The molecular weight excluding hydrogens is 208 g/mol. The normalized spacial score (nSPS) is 11.8. The highest BCUT2D eigenvalue weighted by molar-refractivity contribution is 7.11. The van der Waals surface area contributed by atoms with Crippen molar-refractivity contribution in [1.29, 1.82) is 5.26 Å². The van der Waals surface area contributed by atoms with Crippen LogP contribution in [0.25, 0.3) is 5.70 Å². The van der Waals surface area contributed by atoms with Crippen LogP contribution >= 0.6 is 11.3 Å². The van der Waals surface area contributed by atoms with E-state index < -0.39 is 0 Å². The molecule has 3 nitrogen and oxygen atoms in total. The first-order valence-electron chi connectivity index (χ1n) is 4.75. The number of allylic oxidation sites excluding steroid dienone is 1. The summed E-state index contributed by atoms with van der Waals surface area (Å²) in [5, 5.41) is 10.9.